The third-order valence-electron chi connectivity index (χ3n) is 2.41. The van der Waals surface area contributed by atoms with Gasteiger partial charge in [0.05, 0.1) is 12.0 Å². The number of nitrogens with zero attached hydrogens (tertiary/aromatic N) is 3. The van der Waals surface area contributed by atoms with Gasteiger partial charge in [-0.05, 0) is 18.1 Å². The van der Waals surface area contributed by atoms with Gasteiger partial charge in [0, 0.05) is 0 Å². The predicted octanol–water partition coefficient (Wildman–Crippen LogP) is 1.74. The molecule has 0 atom stereocenters. The lowest BCUT2D eigenvalue weighted by molar-refractivity contribution is 0.0688. The Labute approximate surface area is 97.9 Å². The number of carboxylic acids is 1. The molecular weight excluding hydrogens is 222 g/mol. The zero-order valence-electron chi connectivity index (χ0n) is 9.62. The molecule has 2 rings (SSSR count). The molecule has 0 aliphatic carbocycles. The Morgan fingerprint density at radius 3 is 2.88 bits per heavy atom. The maximum atomic E-state index is 11.0. The van der Waals surface area contributed by atoms with Crippen LogP contribution in [0.15, 0.2) is 22.8 Å². The zero-order valence-corrected chi connectivity index (χ0v) is 9.62. The normalized spacial score (nSPS) is 11.0. The smallest absolute Gasteiger partial charge is 0.358 e. The molecule has 6 heteroatoms. The largest absolute Gasteiger partial charge is 0.476 e. The molecule has 0 fully saturated rings. The second-order valence-electron chi connectivity index (χ2n) is 4.02. The molecule has 17 heavy (non-hydrogen) atoms. The van der Waals surface area contributed by atoms with Crippen molar-refractivity contribution in [3.05, 3.63) is 35.5 Å². The van der Waals surface area contributed by atoms with Gasteiger partial charge >= 0.3 is 5.97 Å². The van der Waals surface area contributed by atoms with Crippen LogP contribution >= 0.6 is 0 Å². The molecule has 0 saturated heterocycles. The SMILES string of the molecule is CC(C)c1c(C(=O)O)nnn1Cc1ccco1. The second-order valence-corrected chi connectivity index (χ2v) is 4.02. The number of carbonyl (C=O) groups is 1. The Bertz CT molecular complexity index is 514. The summed E-state index contributed by atoms with van der Waals surface area (Å²) in [5.74, 6) is -0.306. The maximum Gasteiger partial charge on any atom is 0.358 e. The van der Waals surface area contributed by atoms with E-state index in [-0.39, 0.29) is 11.6 Å². The summed E-state index contributed by atoms with van der Waals surface area (Å²) in [5.41, 5.74) is 0.612. The second kappa shape index (κ2) is 4.40. The summed E-state index contributed by atoms with van der Waals surface area (Å²) in [4.78, 5) is 11.0. The van der Waals surface area contributed by atoms with Crippen LogP contribution in [0.4, 0.5) is 0 Å². The molecule has 0 spiro atoms. The van der Waals surface area contributed by atoms with Crippen molar-refractivity contribution < 1.29 is 14.3 Å². The van der Waals surface area contributed by atoms with Crippen molar-refractivity contribution in [1.82, 2.24) is 15.0 Å². The van der Waals surface area contributed by atoms with Gasteiger partial charge in [0.2, 0.25) is 0 Å². The highest BCUT2D eigenvalue weighted by Gasteiger charge is 2.21. The van der Waals surface area contributed by atoms with Gasteiger partial charge in [-0.2, -0.15) is 0 Å². The quantitative estimate of drug-likeness (QED) is 0.872. The Balaban J connectivity index is 2.37. The molecule has 0 aromatic carbocycles. The summed E-state index contributed by atoms with van der Waals surface area (Å²) in [7, 11) is 0. The highest BCUT2D eigenvalue weighted by Crippen LogP contribution is 2.18. The minimum absolute atomic E-state index is 0.00607. The van der Waals surface area contributed by atoms with E-state index in [0.717, 1.165) is 0 Å². The summed E-state index contributed by atoms with van der Waals surface area (Å²) in [5, 5.41) is 16.6. The predicted molar refractivity (Wildman–Crippen MR) is 58.9 cm³/mol. The lowest BCUT2D eigenvalue weighted by Gasteiger charge is -2.08. The number of hydrogen-bond acceptors (Lipinski definition) is 4. The summed E-state index contributed by atoms with van der Waals surface area (Å²) >= 11 is 0. The standard InChI is InChI=1S/C11H13N3O3/c1-7(2)10-9(11(15)16)12-13-14(10)6-8-4-3-5-17-8/h3-5,7H,6H2,1-2H3,(H,15,16). The van der Waals surface area contributed by atoms with E-state index in [1.54, 1.807) is 17.0 Å². The lowest BCUT2D eigenvalue weighted by atomic mass is 10.1. The third-order valence-corrected chi connectivity index (χ3v) is 2.41. The van der Waals surface area contributed by atoms with Crippen LogP contribution in [-0.4, -0.2) is 26.1 Å². The van der Waals surface area contributed by atoms with Gasteiger partial charge in [-0.15, -0.1) is 5.10 Å². The summed E-state index contributed by atoms with van der Waals surface area (Å²) in [6, 6.07) is 3.59. The monoisotopic (exact) mass is 235 g/mol. The molecule has 0 bridgehead atoms. The van der Waals surface area contributed by atoms with Crippen molar-refractivity contribution >= 4 is 5.97 Å². The molecule has 2 heterocycles. The average molecular weight is 235 g/mol. The van der Waals surface area contributed by atoms with Crippen LogP contribution < -0.4 is 0 Å². The first-order valence-corrected chi connectivity index (χ1v) is 5.28. The molecule has 2 aromatic rings. The summed E-state index contributed by atoms with van der Waals surface area (Å²) in [6.07, 6.45) is 1.57. The first kappa shape index (κ1) is 11.4. The molecule has 6 nitrogen and oxygen atoms in total. The van der Waals surface area contributed by atoms with Crippen LogP contribution in [0.5, 0.6) is 0 Å². The van der Waals surface area contributed by atoms with E-state index in [1.165, 1.54) is 0 Å². The van der Waals surface area contributed by atoms with Gasteiger partial charge in [0.25, 0.3) is 0 Å². The Kier molecular flexibility index (Phi) is 2.95. The van der Waals surface area contributed by atoms with Gasteiger partial charge in [-0.25, -0.2) is 9.48 Å². The maximum absolute atomic E-state index is 11.0. The number of aromatic carboxylic acids is 1. The Morgan fingerprint density at radius 2 is 2.35 bits per heavy atom. The molecule has 0 amide bonds. The van der Waals surface area contributed by atoms with Gasteiger partial charge in [-0.1, -0.05) is 19.1 Å². The van der Waals surface area contributed by atoms with Crippen LogP contribution in [0.3, 0.4) is 0 Å². The molecular formula is C11H13N3O3. The summed E-state index contributed by atoms with van der Waals surface area (Å²) in [6.45, 7) is 4.20. The first-order valence-electron chi connectivity index (χ1n) is 5.28. The van der Waals surface area contributed by atoms with Crippen molar-refractivity contribution in [2.24, 2.45) is 0 Å². The van der Waals surface area contributed by atoms with E-state index in [9.17, 15) is 4.79 Å². The Morgan fingerprint density at radius 1 is 1.59 bits per heavy atom. The van der Waals surface area contributed by atoms with Gasteiger partial charge < -0.3 is 9.52 Å². The topological polar surface area (TPSA) is 81.1 Å². The fourth-order valence-corrected chi connectivity index (χ4v) is 1.71. The van der Waals surface area contributed by atoms with Gasteiger partial charge in [0.15, 0.2) is 5.69 Å². The van der Waals surface area contributed by atoms with E-state index in [0.29, 0.717) is 18.0 Å². The van der Waals surface area contributed by atoms with Gasteiger partial charge in [0.1, 0.15) is 12.3 Å². The van der Waals surface area contributed by atoms with Crippen LogP contribution in [-0.2, 0) is 6.54 Å². The summed E-state index contributed by atoms with van der Waals surface area (Å²) < 4.78 is 6.77. The molecule has 90 valence electrons. The van der Waals surface area contributed by atoms with E-state index in [1.807, 2.05) is 19.9 Å². The highest BCUT2D eigenvalue weighted by molar-refractivity contribution is 5.86. The van der Waals surface area contributed by atoms with Crippen molar-refractivity contribution in [1.29, 1.82) is 0 Å². The van der Waals surface area contributed by atoms with Crippen LogP contribution in [0.1, 0.15) is 41.7 Å². The van der Waals surface area contributed by atoms with E-state index in [4.69, 9.17) is 9.52 Å². The minimum Gasteiger partial charge on any atom is -0.476 e. The molecule has 2 aromatic heterocycles. The van der Waals surface area contributed by atoms with E-state index >= 15 is 0 Å². The van der Waals surface area contributed by atoms with Crippen molar-refractivity contribution in [2.45, 2.75) is 26.3 Å². The van der Waals surface area contributed by atoms with E-state index < -0.39 is 5.97 Å². The minimum atomic E-state index is -1.06. The number of hydrogen-bond donors (Lipinski definition) is 1. The molecule has 0 aliphatic rings. The fourth-order valence-electron chi connectivity index (χ4n) is 1.71. The van der Waals surface area contributed by atoms with Crippen LogP contribution in [0.25, 0.3) is 0 Å². The first-order chi connectivity index (χ1) is 8.09. The molecule has 0 saturated carbocycles. The molecule has 1 N–H and O–H groups in total. The number of rotatable bonds is 4. The average Bonchev–Trinajstić information content (AvgIpc) is 2.86. The third kappa shape index (κ3) is 2.20. The zero-order chi connectivity index (χ0) is 12.4. The molecule has 0 aliphatic heterocycles. The lowest BCUT2D eigenvalue weighted by Crippen LogP contribution is -2.10. The van der Waals surface area contributed by atoms with Crippen LogP contribution in [0, 0.1) is 0 Å². The Hall–Kier alpha value is -2.11. The number of aromatic nitrogens is 3. The fraction of sp³-hybridized carbons (Fsp3) is 0.364. The number of furan rings is 1. The van der Waals surface area contributed by atoms with Gasteiger partial charge in [-0.3, -0.25) is 0 Å². The van der Waals surface area contributed by atoms with Crippen LogP contribution in [0.2, 0.25) is 0 Å². The highest BCUT2D eigenvalue weighted by atomic mass is 16.4. The van der Waals surface area contributed by atoms with Crippen molar-refractivity contribution in [3.8, 4) is 0 Å². The van der Waals surface area contributed by atoms with Crippen molar-refractivity contribution in [2.75, 3.05) is 0 Å². The van der Waals surface area contributed by atoms with Crippen molar-refractivity contribution in [3.63, 3.8) is 0 Å². The molecule has 0 unspecified atom stereocenters. The number of carboxylic acid groups (broad SMARTS) is 1. The van der Waals surface area contributed by atoms with E-state index in [2.05, 4.69) is 10.3 Å². The molecule has 0 radical (unpaired) electrons.